The maximum atomic E-state index is 12.6. The molecule has 0 radical (unpaired) electrons. The molecule has 0 aliphatic heterocycles. The van der Waals surface area contributed by atoms with Crippen molar-refractivity contribution in [3.8, 4) is 11.4 Å². The second-order valence-electron chi connectivity index (χ2n) is 4.37. The maximum Gasteiger partial charge on any atom is 0.416 e. The average molecular weight is 253 g/mol. The number of halogens is 3. The highest BCUT2D eigenvalue weighted by molar-refractivity contribution is 5.56. The lowest BCUT2D eigenvalue weighted by Gasteiger charge is -2.09. The highest BCUT2D eigenvalue weighted by Crippen LogP contribution is 2.38. The van der Waals surface area contributed by atoms with Crippen LogP contribution in [0.2, 0.25) is 0 Å². The van der Waals surface area contributed by atoms with Crippen LogP contribution < -0.4 is 0 Å². The fourth-order valence-electron chi connectivity index (χ4n) is 1.90. The van der Waals surface area contributed by atoms with E-state index in [0.717, 1.165) is 25.0 Å². The third kappa shape index (κ3) is 1.98. The Kier molecular flexibility index (Phi) is 2.39. The Hall–Kier alpha value is -1.85. The lowest BCUT2D eigenvalue weighted by Crippen LogP contribution is -2.05. The van der Waals surface area contributed by atoms with Crippen LogP contribution in [0.1, 0.15) is 24.4 Å². The molecule has 0 bridgehead atoms. The van der Waals surface area contributed by atoms with Crippen LogP contribution in [0.15, 0.2) is 30.6 Å². The summed E-state index contributed by atoms with van der Waals surface area (Å²) in [4.78, 5) is 0. The van der Waals surface area contributed by atoms with E-state index in [2.05, 4.69) is 10.2 Å². The van der Waals surface area contributed by atoms with Gasteiger partial charge in [0.25, 0.3) is 0 Å². The second kappa shape index (κ2) is 3.83. The van der Waals surface area contributed by atoms with Crippen LogP contribution >= 0.6 is 0 Å². The van der Waals surface area contributed by atoms with Gasteiger partial charge in [-0.05, 0) is 25.0 Å². The van der Waals surface area contributed by atoms with E-state index in [1.165, 1.54) is 6.07 Å². The Balaban J connectivity index is 2.03. The Morgan fingerprint density at radius 2 is 2.00 bits per heavy atom. The normalized spacial score (nSPS) is 15.9. The van der Waals surface area contributed by atoms with E-state index in [1.807, 2.05) is 4.57 Å². The predicted octanol–water partition coefficient (Wildman–Crippen LogP) is 3.30. The quantitative estimate of drug-likeness (QED) is 0.822. The van der Waals surface area contributed by atoms with Gasteiger partial charge >= 0.3 is 6.18 Å². The summed E-state index contributed by atoms with van der Waals surface area (Å²) in [5, 5.41) is 7.70. The van der Waals surface area contributed by atoms with Gasteiger partial charge in [-0.25, -0.2) is 0 Å². The zero-order chi connectivity index (χ0) is 12.8. The fraction of sp³-hybridized carbons (Fsp3) is 0.333. The molecule has 94 valence electrons. The highest BCUT2D eigenvalue weighted by Gasteiger charge is 2.31. The molecule has 1 heterocycles. The van der Waals surface area contributed by atoms with Crippen molar-refractivity contribution in [2.75, 3.05) is 0 Å². The number of rotatable bonds is 2. The van der Waals surface area contributed by atoms with Crippen LogP contribution in [-0.4, -0.2) is 14.8 Å². The Morgan fingerprint density at radius 1 is 1.22 bits per heavy atom. The number of benzene rings is 1. The van der Waals surface area contributed by atoms with E-state index in [9.17, 15) is 13.2 Å². The zero-order valence-electron chi connectivity index (χ0n) is 9.35. The van der Waals surface area contributed by atoms with Crippen molar-refractivity contribution in [1.82, 2.24) is 14.8 Å². The lowest BCUT2D eigenvalue weighted by molar-refractivity contribution is -0.137. The summed E-state index contributed by atoms with van der Waals surface area (Å²) in [5.41, 5.74) is -0.209. The zero-order valence-corrected chi connectivity index (χ0v) is 9.35. The van der Waals surface area contributed by atoms with E-state index in [-0.39, 0.29) is 0 Å². The SMILES string of the molecule is FC(F)(F)c1cccc(-c2nncn2C2CC2)c1. The molecule has 0 unspecified atom stereocenters. The molecule has 0 atom stereocenters. The fourth-order valence-corrected chi connectivity index (χ4v) is 1.90. The van der Waals surface area contributed by atoms with E-state index >= 15 is 0 Å². The second-order valence-corrected chi connectivity index (χ2v) is 4.37. The number of hydrogen-bond donors (Lipinski definition) is 0. The molecule has 0 N–H and O–H groups in total. The molecule has 0 amide bonds. The molecule has 1 aromatic carbocycles. The van der Waals surface area contributed by atoms with Gasteiger partial charge in [-0.15, -0.1) is 10.2 Å². The van der Waals surface area contributed by atoms with Crippen molar-refractivity contribution in [3.63, 3.8) is 0 Å². The minimum absolute atomic E-state index is 0.338. The Bertz CT molecular complexity index is 570. The van der Waals surface area contributed by atoms with Gasteiger partial charge in [0, 0.05) is 11.6 Å². The molecule has 18 heavy (non-hydrogen) atoms. The summed E-state index contributed by atoms with van der Waals surface area (Å²) in [6.07, 6.45) is -0.693. The first-order chi connectivity index (χ1) is 8.55. The summed E-state index contributed by atoms with van der Waals surface area (Å²) in [6.45, 7) is 0. The van der Waals surface area contributed by atoms with Crippen molar-refractivity contribution < 1.29 is 13.2 Å². The maximum absolute atomic E-state index is 12.6. The van der Waals surface area contributed by atoms with Crippen LogP contribution in [0.4, 0.5) is 13.2 Å². The van der Waals surface area contributed by atoms with Gasteiger partial charge in [0.1, 0.15) is 6.33 Å². The number of nitrogens with zero attached hydrogens (tertiary/aromatic N) is 3. The molecule has 3 nitrogen and oxygen atoms in total. The smallest absolute Gasteiger partial charge is 0.310 e. The minimum Gasteiger partial charge on any atom is -0.310 e. The van der Waals surface area contributed by atoms with Crippen molar-refractivity contribution in [1.29, 1.82) is 0 Å². The van der Waals surface area contributed by atoms with Crippen molar-refractivity contribution in [2.45, 2.75) is 25.1 Å². The van der Waals surface area contributed by atoms with Crippen LogP contribution in [0, 0.1) is 0 Å². The van der Waals surface area contributed by atoms with E-state index in [4.69, 9.17) is 0 Å². The monoisotopic (exact) mass is 253 g/mol. The predicted molar refractivity (Wildman–Crippen MR) is 58.7 cm³/mol. The molecule has 1 saturated carbocycles. The molecule has 1 fully saturated rings. The topological polar surface area (TPSA) is 30.7 Å². The van der Waals surface area contributed by atoms with E-state index in [0.29, 0.717) is 17.4 Å². The number of aromatic nitrogens is 3. The van der Waals surface area contributed by atoms with E-state index in [1.54, 1.807) is 12.4 Å². The highest BCUT2D eigenvalue weighted by atomic mass is 19.4. The Labute approximate surface area is 101 Å². The number of hydrogen-bond acceptors (Lipinski definition) is 2. The largest absolute Gasteiger partial charge is 0.416 e. The van der Waals surface area contributed by atoms with Gasteiger partial charge in [-0.1, -0.05) is 12.1 Å². The number of alkyl halides is 3. The van der Waals surface area contributed by atoms with Crippen LogP contribution in [0.5, 0.6) is 0 Å². The molecular weight excluding hydrogens is 243 g/mol. The first kappa shape index (κ1) is 11.3. The summed E-state index contributed by atoms with van der Waals surface area (Å²) in [6, 6.07) is 5.52. The molecule has 1 aliphatic carbocycles. The minimum atomic E-state index is -4.33. The molecule has 1 aliphatic rings. The van der Waals surface area contributed by atoms with Gasteiger partial charge in [0.05, 0.1) is 5.56 Å². The molecule has 2 aromatic rings. The molecule has 3 rings (SSSR count). The standard InChI is InChI=1S/C12H10F3N3/c13-12(14,15)9-3-1-2-8(6-9)11-17-16-7-18(11)10-4-5-10/h1-3,6-7,10H,4-5H2. The van der Waals surface area contributed by atoms with Crippen molar-refractivity contribution >= 4 is 0 Å². The van der Waals surface area contributed by atoms with Crippen LogP contribution in [0.25, 0.3) is 11.4 Å². The molecule has 1 aromatic heterocycles. The van der Waals surface area contributed by atoms with Crippen LogP contribution in [-0.2, 0) is 6.18 Å². The van der Waals surface area contributed by atoms with Gasteiger partial charge in [0.2, 0.25) is 0 Å². The summed E-state index contributed by atoms with van der Waals surface area (Å²) >= 11 is 0. The van der Waals surface area contributed by atoms with Crippen molar-refractivity contribution in [2.24, 2.45) is 0 Å². The Morgan fingerprint density at radius 3 is 2.67 bits per heavy atom. The lowest BCUT2D eigenvalue weighted by atomic mass is 10.1. The first-order valence-electron chi connectivity index (χ1n) is 5.63. The third-order valence-electron chi connectivity index (χ3n) is 2.96. The molecule has 0 saturated heterocycles. The van der Waals surface area contributed by atoms with Gasteiger partial charge in [-0.3, -0.25) is 0 Å². The molecular formula is C12H10F3N3. The van der Waals surface area contributed by atoms with Gasteiger partial charge in [0.15, 0.2) is 5.82 Å². The third-order valence-corrected chi connectivity index (χ3v) is 2.96. The van der Waals surface area contributed by atoms with Crippen molar-refractivity contribution in [3.05, 3.63) is 36.2 Å². The first-order valence-corrected chi connectivity index (χ1v) is 5.63. The average Bonchev–Trinajstić information content (AvgIpc) is 3.06. The van der Waals surface area contributed by atoms with E-state index < -0.39 is 11.7 Å². The van der Waals surface area contributed by atoms with Gasteiger partial charge in [-0.2, -0.15) is 13.2 Å². The summed E-state index contributed by atoms with van der Waals surface area (Å²) < 4.78 is 39.8. The molecule has 0 spiro atoms. The summed E-state index contributed by atoms with van der Waals surface area (Å²) in [5.74, 6) is 0.503. The van der Waals surface area contributed by atoms with Gasteiger partial charge < -0.3 is 4.57 Å². The summed E-state index contributed by atoms with van der Waals surface area (Å²) in [7, 11) is 0. The molecule has 6 heteroatoms. The van der Waals surface area contributed by atoms with Crippen LogP contribution in [0.3, 0.4) is 0 Å².